The Hall–Kier alpha value is -4.92. The van der Waals surface area contributed by atoms with Gasteiger partial charge in [0, 0.05) is 11.8 Å². The summed E-state index contributed by atoms with van der Waals surface area (Å²) in [6.07, 6.45) is 0.858. The van der Waals surface area contributed by atoms with Crippen LogP contribution in [0.15, 0.2) is 81.6 Å². The maximum absolute atomic E-state index is 12.8. The van der Waals surface area contributed by atoms with Gasteiger partial charge in [0.1, 0.15) is 17.0 Å². The van der Waals surface area contributed by atoms with Crippen LogP contribution >= 0.6 is 0 Å². The lowest BCUT2D eigenvalue weighted by atomic mass is 10.1. The van der Waals surface area contributed by atoms with Gasteiger partial charge in [-0.1, -0.05) is 25.1 Å². The van der Waals surface area contributed by atoms with Crippen molar-refractivity contribution in [2.24, 2.45) is 0 Å². The van der Waals surface area contributed by atoms with Crippen molar-refractivity contribution in [1.82, 2.24) is 4.98 Å². The third-order valence-corrected chi connectivity index (χ3v) is 5.54. The SMILES string of the molecule is CCc1ccc2oc(-c3cc(NC(=O)c4ccc(-c5ccccc5[N+](=O)[O-])o4)ccc3O)nc2c1. The molecule has 0 unspecified atom stereocenters. The molecule has 0 radical (unpaired) electrons. The average molecular weight is 469 g/mol. The Labute approximate surface area is 198 Å². The van der Waals surface area contributed by atoms with Gasteiger partial charge in [0.15, 0.2) is 11.3 Å². The summed E-state index contributed by atoms with van der Waals surface area (Å²) in [5, 5.41) is 24.4. The first-order chi connectivity index (χ1) is 16.9. The summed E-state index contributed by atoms with van der Waals surface area (Å²) in [5.41, 5.74) is 3.21. The number of hydrogen-bond acceptors (Lipinski definition) is 7. The molecule has 0 atom stereocenters. The Morgan fingerprint density at radius 3 is 2.66 bits per heavy atom. The Morgan fingerprint density at radius 1 is 1.03 bits per heavy atom. The highest BCUT2D eigenvalue weighted by atomic mass is 16.6. The molecule has 0 saturated heterocycles. The quantitative estimate of drug-likeness (QED) is 0.172. The van der Waals surface area contributed by atoms with E-state index in [1.807, 2.05) is 25.1 Å². The van der Waals surface area contributed by atoms with Gasteiger partial charge in [-0.05, 0) is 60.5 Å². The van der Waals surface area contributed by atoms with Crippen molar-refractivity contribution in [2.45, 2.75) is 13.3 Å². The topological polar surface area (TPSA) is 132 Å². The maximum atomic E-state index is 12.8. The number of oxazole rings is 1. The second-order valence-electron chi connectivity index (χ2n) is 7.80. The zero-order chi connectivity index (χ0) is 24.5. The fourth-order valence-corrected chi connectivity index (χ4v) is 3.73. The molecular formula is C26H19N3O6. The monoisotopic (exact) mass is 469 g/mol. The molecule has 0 aliphatic heterocycles. The first kappa shape index (κ1) is 21.9. The third kappa shape index (κ3) is 4.22. The highest BCUT2D eigenvalue weighted by Gasteiger charge is 2.20. The molecule has 1 amide bonds. The molecule has 0 spiro atoms. The number of benzene rings is 3. The van der Waals surface area contributed by atoms with E-state index in [-0.39, 0.29) is 34.4 Å². The molecule has 5 aromatic rings. The molecule has 5 rings (SSSR count). The van der Waals surface area contributed by atoms with Crippen LogP contribution in [0.2, 0.25) is 0 Å². The number of para-hydroxylation sites is 1. The molecule has 174 valence electrons. The van der Waals surface area contributed by atoms with E-state index >= 15 is 0 Å². The van der Waals surface area contributed by atoms with Crippen molar-refractivity contribution < 1.29 is 23.7 Å². The van der Waals surface area contributed by atoms with Crippen molar-refractivity contribution in [1.29, 1.82) is 0 Å². The van der Waals surface area contributed by atoms with E-state index < -0.39 is 10.8 Å². The van der Waals surface area contributed by atoms with E-state index in [0.717, 1.165) is 12.0 Å². The molecule has 2 aromatic heterocycles. The van der Waals surface area contributed by atoms with Gasteiger partial charge in [0.2, 0.25) is 5.89 Å². The number of nitro groups is 1. The van der Waals surface area contributed by atoms with Crippen LogP contribution in [0, 0.1) is 10.1 Å². The number of furan rings is 1. The number of nitrogens with zero attached hydrogens (tertiary/aromatic N) is 2. The van der Waals surface area contributed by atoms with Crippen molar-refractivity contribution >= 4 is 28.4 Å². The number of phenols is 1. The minimum Gasteiger partial charge on any atom is -0.507 e. The zero-order valence-electron chi connectivity index (χ0n) is 18.5. The normalized spacial score (nSPS) is 11.0. The number of phenolic OH excluding ortho intramolecular Hbond substituents is 1. The lowest BCUT2D eigenvalue weighted by molar-refractivity contribution is -0.384. The second-order valence-corrected chi connectivity index (χ2v) is 7.80. The van der Waals surface area contributed by atoms with Crippen LogP contribution in [0.1, 0.15) is 23.0 Å². The lowest BCUT2D eigenvalue weighted by Gasteiger charge is -2.06. The summed E-state index contributed by atoms with van der Waals surface area (Å²) in [6.45, 7) is 2.04. The lowest BCUT2D eigenvalue weighted by Crippen LogP contribution is -2.10. The van der Waals surface area contributed by atoms with Crippen molar-refractivity contribution in [3.8, 4) is 28.5 Å². The van der Waals surface area contributed by atoms with E-state index in [0.29, 0.717) is 22.4 Å². The van der Waals surface area contributed by atoms with E-state index in [2.05, 4.69) is 10.3 Å². The minimum atomic E-state index is -0.559. The number of aromatic nitrogens is 1. The number of fused-ring (bicyclic) bond motifs is 1. The Morgan fingerprint density at radius 2 is 1.86 bits per heavy atom. The fraction of sp³-hybridized carbons (Fsp3) is 0.0769. The summed E-state index contributed by atoms with van der Waals surface area (Å²) < 4.78 is 11.4. The van der Waals surface area contributed by atoms with E-state index in [1.165, 1.54) is 30.3 Å². The molecule has 2 N–H and O–H groups in total. The highest BCUT2D eigenvalue weighted by Crippen LogP contribution is 2.34. The number of hydrogen-bond donors (Lipinski definition) is 2. The molecule has 9 heteroatoms. The minimum absolute atomic E-state index is 0.0262. The van der Waals surface area contributed by atoms with E-state index in [9.17, 15) is 20.0 Å². The van der Waals surface area contributed by atoms with E-state index in [4.69, 9.17) is 8.83 Å². The van der Waals surface area contributed by atoms with Crippen LogP contribution in [0.25, 0.3) is 33.9 Å². The molecule has 9 nitrogen and oxygen atoms in total. The van der Waals surface area contributed by atoms with Gasteiger partial charge in [-0.3, -0.25) is 14.9 Å². The Bertz CT molecular complexity index is 1580. The average Bonchev–Trinajstić information content (AvgIpc) is 3.52. The van der Waals surface area contributed by atoms with Crippen molar-refractivity contribution in [3.63, 3.8) is 0 Å². The molecule has 2 heterocycles. The van der Waals surface area contributed by atoms with Gasteiger partial charge >= 0.3 is 0 Å². The number of aromatic hydroxyl groups is 1. The summed E-state index contributed by atoms with van der Waals surface area (Å²) in [4.78, 5) is 28.0. The predicted molar refractivity (Wildman–Crippen MR) is 129 cm³/mol. The number of amides is 1. The Balaban J connectivity index is 1.41. The van der Waals surface area contributed by atoms with Gasteiger partial charge in [-0.25, -0.2) is 4.98 Å². The van der Waals surface area contributed by atoms with Crippen LogP contribution in [0.4, 0.5) is 11.4 Å². The summed E-state index contributed by atoms with van der Waals surface area (Å²) >= 11 is 0. The third-order valence-electron chi connectivity index (χ3n) is 5.54. The van der Waals surface area contributed by atoms with Crippen molar-refractivity contribution in [2.75, 3.05) is 5.32 Å². The standard InChI is InChI=1S/C26H19N3O6/c1-2-15-7-10-23-19(13-15)28-26(35-23)18-14-16(8-9-21(18)30)27-25(31)24-12-11-22(34-24)17-5-3-4-6-20(17)29(32)33/h3-14,30H,2H2,1H3,(H,27,31). The molecule has 0 aliphatic rings. The molecule has 0 fully saturated rings. The number of rotatable bonds is 6. The number of aryl methyl sites for hydroxylation is 1. The number of anilines is 1. The highest BCUT2D eigenvalue weighted by molar-refractivity contribution is 6.03. The molecular weight excluding hydrogens is 450 g/mol. The van der Waals surface area contributed by atoms with Crippen LogP contribution in [0.5, 0.6) is 5.75 Å². The fourth-order valence-electron chi connectivity index (χ4n) is 3.73. The number of carbonyl (C=O) groups excluding carboxylic acids is 1. The smallest absolute Gasteiger partial charge is 0.291 e. The number of carbonyl (C=O) groups is 1. The largest absolute Gasteiger partial charge is 0.507 e. The summed E-state index contributed by atoms with van der Waals surface area (Å²) in [6, 6.07) is 19.3. The Kier molecular flexibility index (Phi) is 5.50. The molecule has 0 saturated carbocycles. The van der Waals surface area contributed by atoms with Crippen LogP contribution in [0.3, 0.4) is 0 Å². The van der Waals surface area contributed by atoms with Gasteiger partial charge in [0.25, 0.3) is 11.6 Å². The van der Waals surface area contributed by atoms with Gasteiger partial charge < -0.3 is 19.3 Å². The zero-order valence-corrected chi connectivity index (χ0v) is 18.5. The molecule has 35 heavy (non-hydrogen) atoms. The van der Waals surface area contributed by atoms with Crippen LogP contribution in [-0.2, 0) is 6.42 Å². The van der Waals surface area contributed by atoms with Gasteiger partial charge in [-0.15, -0.1) is 0 Å². The molecule has 0 aliphatic carbocycles. The van der Waals surface area contributed by atoms with Gasteiger partial charge in [0.05, 0.1) is 16.1 Å². The first-order valence-electron chi connectivity index (χ1n) is 10.8. The van der Waals surface area contributed by atoms with Crippen LogP contribution in [-0.4, -0.2) is 20.9 Å². The summed E-state index contributed by atoms with van der Waals surface area (Å²) in [7, 11) is 0. The maximum Gasteiger partial charge on any atom is 0.291 e. The predicted octanol–water partition coefficient (Wildman–Crippen LogP) is 6.18. The second kappa shape index (κ2) is 8.79. The number of nitro benzene ring substituents is 1. The van der Waals surface area contributed by atoms with E-state index in [1.54, 1.807) is 24.3 Å². The first-order valence-corrected chi connectivity index (χ1v) is 10.8. The number of nitrogens with one attached hydrogen (secondary N) is 1. The molecule has 0 bridgehead atoms. The van der Waals surface area contributed by atoms with Crippen LogP contribution < -0.4 is 5.32 Å². The summed E-state index contributed by atoms with van der Waals surface area (Å²) in [5.74, 6) is -0.217. The van der Waals surface area contributed by atoms with Gasteiger partial charge in [-0.2, -0.15) is 0 Å². The molecule has 3 aromatic carbocycles. The van der Waals surface area contributed by atoms with Crippen molar-refractivity contribution in [3.05, 3.63) is 94.2 Å².